The molecule has 0 rings (SSSR count). The predicted molar refractivity (Wildman–Crippen MR) is 19.8 cm³/mol. The van der Waals surface area contributed by atoms with Gasteiger partial charge in [0, 0.05) is 111 Å². The monoisotopic (exact) mass is 393 g/mol. The predicted octanol–water partition coefficient (Wildman–Crippen LogP) is -0.308. The number of hydrogen-bond donors (Lipinski definition) is 0. The third-order valence-electron chi connectivity index (χ3n) is 0.211. The van der Waals surface area contributed by atoms with Gasteiger partial charge in [0.2, 0.25) is 6.41 Å². The van der Waals surface area contributed by atoms with Gasteiger partial charge in [0.15, 0.2) is 0 Å². The Morgan fingerprint density at radius 3 is 1.00 bits per heavy atom. The molecule has 0 aliphatic rings. The van der Waals surface area contributed by atoms with Crippen LogP contribution in [0.4, 0.5) is 0 Å². The van der Waals surface area contributed by atoms with Crippen LogP contribution in [0.5, 0.6) is 0 Å². The summed E-state index contributed by atoms with van der Waals surface area (Å²) in [5.74, 6) is 0. The molecule has 10 heavy (non-hydrogen) atoms. The first-order valence-electron chi connectivity index (χ1n) is 1.39. The maximum atomic E-state index is 9.43. The van der Waals surface area contributed by atoms with Crippen LogP contribution in [0.25, 0.3) is 0 Å². The molecule has 0 bridgehead atoms. The molecule has 0 fully saturated rings. The minimum atomic E-state index is 0. The molecule has 0 aromatic carbocycles. The maximum Gasteiger partial charge on any atom is 0.209 e. The molecule has 0 N–H and O–H groups in total. The standard InChI is InChI=1S/C3H7NO.5Zn/c1-4(2)3-5;;;;;/h3H,1-2H3;;;;;. The molecule has 0 heterocycles. The van der Waals surface area contributed by atoms with E-state index in [0.717, 1.165) is 6.41 Å². The van der Waals surface area contributed by atoms with Gasteiger partial charge in [0.1, 0.15) is 0 Å². The van der Waals surface area contributed by atoms with Gasteiger partial charge in [-0.2, -0.15) is 0 Å². The van der Waals surface area contributed by atoms with E-state index in [1.165, 1.54) is 4.90 Å². The third-order valence-corrected chi connectivity index (χ3v) is 0.211. The van der Waals surface area contributed by atoms with Gasteiger partial charge in [0.25, 0.3) is 0 Å². The second-order valence-electron chi connectivity index (χ2n) is 1.07. The minimum absolute atomic E-state index is 0. The fourth-order valence-corrected chi connectivity index (χ4v) is 0. The second-order valence-corrected chi connectivity index (χ2v) is 1.07. The molecular formula is C3H7NOZn5. The van der Waals surface area contributed by atoms with Gasteiger partial charge in [-0.05, 0) is 0 Å². The average molecular weight is 400 g/mol. The van der Waals surface area contributed by atoms with E-state index in [9.17, 15) is 4.79 Å². The van der Waals surface area contributed by atoms with Crippen molar-refractivity contribution in [1.29, 1.82) is 0 Å². The van der Waals surface area contributed by atoms with E-state index in [1.54, 1.807) is 14.1 Å². The van der Waals surface area contributed by atoms with E-state index in [2.05, 4.69) is 0 Å². The molecule has 40 valence electrons. The number of hydrogen-bond acceptors (Lipinski definition) is 1. The molecular weight excluding hydrogens is 393 g/mol. The van der Waals surface area contributed by atoms with E-state index in [4.69, 9.17) is 0 Å². The molecule has 0 spiro atoms. The first kappa shape index (κ1) is 38.9. The van der Waals surface area contributed by atoms with Crippen LogP contribution in [0, 0.1) is 0 Å². The topological polar surface area (TPSA) is 20.3 Å². The molecule has 2 nitrogen and oxygen atoms in total. The number of nitrogens with zero attached hydrogens (tertiary/aromatic N) is 1. The van der Waals surface area contributed by atoms with Crippen LogP contribution in [-0.2, 0) is 102 Å². The van der Waals surface area contributed by atoms with Crippen molar-refractivity contribution in [1.82, 2.24) is 4.90 Å². The van der Waals surface area contributed by atoms with Crippen molar-refractivity contribution in [2.24, 2.45) is 0 Å². The Morgan fingerprint density at radius 2 is 1.00 bits per heavy atom. The summed E-state index contributed by atoms with van der Waals surface area (Å²) in [4.78, 5) is 10.9. The zero-order valence-electron chi connectivity index (χ0n) is 6.97. The number of carbonyl (C=O) groups is 1. The van der Waals surface area contributed by atoms with Crippen LogP contribution in [0.3, 0.4) is 0 Å². The van der Waals surface area contributed by atoms with Crippen molar-refractivity contribution in [3.63, 3.8) is 0 Å². The molecule has 0 aliphatic carbocycles. The maximum absolute atomic E-state index is 9.43. The summed E-state index contributed by atoms with van der Waals surface area (Å²) in [6.45, 7) is 0. The number of rotatable bonds is 1. The Balaban J connectivity index is -0.00000000800. The molecule has 0 atom stereocenters. The first-order chi connectivity index (χ1) is 2.27. The largest absolute Gasteiger partial charge is 0.351 e. The zero-order valence-corrected chi connectivity index (χ0v) is 21.8. The molecule has 0 aromatic heterocycles. The Hall–Kier alpha value is 2.59. The molecule has 1 amide bonds. The van der Waals surface area contributed by atoms with Gasteiger partial charge in [-0.25, -0.2) is 0 Å². The first-order valence-corrected chi connectivity index (χ1v) is 1.39. The van der Waals surface area contributed by atoms with E-state index in [-0.39, 0.29) is 97.4 Å². The summed E-state index contributed by atoms with van der Waals surface area (Å²) in [7, 11) is 3.38. The van der Waals surface area contributed by atoms with Crippen LogP contribution < -0.4 is 0 Å². The van der Waals surface area contributed by atoms with Crippen molar-refractivity contribution in [3.05, 3.63) is 0 Å². The van der Waals surface area contributed by atoms with Crippen LogP contribution >= 0.6 is 0 Å². The van der Waals surface area contributed by atoms with Gasteiger partial charge in [-0.1, -0.05) is 0 Å². The number of amides is 1. The number of carbonyl (C=O) groups excluding carboxylic acids is 1. The Labute approximate surface area is 126 Å². The third kappa shape index (κ3) is 46.2. The second kappa shape index (κ2) is 29.9. The molecule has 0 unspecified atom stereocenters. The van der Waals surface area contributed by atoms with Crippen LogP contribution in [0.15, 0.2) is 0 Å². The summed E-state index contributed by atoms with van der Waals surface area (Å²) in [6.07, 6.45) is 0.750. The van der Waals surface area contributed by atoms with Gasteiger partial charge < -0.3 is 4.90 Å². The van der Waals surface area contributed by atoms with Crippen molar-refractivity contribution in [2.75, 3.05) is 14.1 Å². The molecule has 0 radical (unpaired) electrons. The smallest absolute Gasteiger partial charge is 0.209 e. The van der Waals surface area contributed by atoms with Crippen molar-refractivity contribution in [2.45, 2.75) is 0 Å². The normalized spacial score (nSPS) is 3.40. The molecule has 0 saturated carbocycles. The van der Waals surface area contributed by atoms with Gasteiger partial charge in [-0.15, -0.1) is 0 Å². The van der Waals surface area contributed by atoms with Gasteiger partial charge in [-0.3, -0.25) is 4.79 Å². The summed E-state index contributed by atoms with van der Waals surface area (Å²) < 4.78 is 0. The summed E-state index contributed by atoms with van der Waals surface area (Å²) in [5, 5.41) is 0. The molecule has 0 aromatic rings. The van der Waals surface area contributed by atoms with E-state index >= 15 is 0 Å². The SMILES string of the molecule is CN(C)C=O.[Zn].[Zn].[Zn].[Zn].[Zn]. The minimum Gasteiger partial charge on any atom is -0.351 e. The van der Waals surface area contributed by atoms with Crippen LogP contribution in [-0.4, -0.2) is 25.4 Å². The quantitative estimate of drug-likeness (QED) is 0.437. The zero-order chi connectivity index (χ0) is 4.28. The fourth-order valence-electron chi connectivity index (χ4n) is 0. The Bertz CT molecular complexity index is 43.9. The molecule has 7 heteroatoms. The Kier molecular flexibility index (Phi) is 117. The summed E-state index contributed by atoms with van der Waals surface area (Å²) >= 11 is 0. The van der Waals surface area contributed by atoms with Crippen molar-refractivity contribution < 1.29 is 102 Å². The van der Waals surface area contributed by atoms with Gasteiger partial charge in [0.05, 0.1) is 0 Å². The summed E-state index contributed by atoms with van der Waals surface area (Å²) in [5.41, 5.74) is 0. The molecule has 0 aliphatic heterocycles. The van der Waals surface area contributed by atoms with Crippen LogP contribution in [0.1, 0.15) is 0 Å². The Morgan fingerprint density at radius 1 is 0.900 bits per heavy atom. The van der Waals surface area contributed by atoms with Crippen LogP contribution in [0.2, 0.25) is 0 Å². The van der Waals surface area contributed by atoms with Crippen molar-refractivity contribution >= 4 is 6.41 Å². The van der Waals surface area contributed by atoms with E-state index in [0.29, 0.717) is 0 Å². The summed E-state index contributed by atoms with van der Waals surface area (Å²) in [6, 6.07) is 0. The van der Waals surface area contributed by atoms with Gasteiger partial charge >= 0.3 is 0 Å². The fraction of sp³-hybridized carbons (Fsp3) is 0.667. The van der Waals surface area contributed by atoms with E-state index in [1.807, 2.05) is 0 Å². The average Bonchev–Trinajstić information content (AvgIpc) is 1.38. The van der Waals surface area contributed by atoms with E-state index < -0.39 is 0 Å². The molecule has 0 saturated heterocycles. The van der Waals surface area contributed by atoms with Crippen molar-refractivity contribution in [3.8, 4) is 0 Å².